The van der Waals surface area contributed by atoms with Gasteiger partial charge in [-0.25, -0.2) is 0 Å². The van der Waals surface area contributed by atoms with E-state index >= 15 is 0 Å². The van der Waals surface area contributed by atoms with E-state index in [-0.39, 0.29) is 22.8 Å². The van der Waals surface area contributed by atoms with Crippen LogP contribution in [-0.2, 0) is 16.1 Å². The van der Waals surface area contributed by atoms with Crippen LogP contribution in [0.5, 0.6) is 0 Å². The lowest BCUT2D eigenvalue weighted by molar-refractivity contribution is -0.141. The molecule has 28 heavy (non-hydrogen) atoms. The fraction of sp³-hybridized carbons (Fsp3) is 0.824. The number of nitrogens with zero attached hydrogens (tertiary/aromatic N) is 5. The molecule has 0 spiro atoms. The molecule has 0 N–H and O–H groups in total. The summed E-state index contributed by atoms with van der Waals surface area (Å²) < 4.78 is 45.7. The number of piperidine rings is 1. The highest BCUT2D eigenvalue weighted by molar-refractivity contribution is 7.99. The highest BCUT2D eigenvalue weighted by Gasteiger charge is 2.33. The van der Waals surface area contributed by atoms with Crippen LogP contribution in [0.2, 0.25) is 0 Å². The Morgan fingerprint density at radius 3 is 2.43 bits per heavy atom. The highest BCUT2D eigenvalue weighted by atomic mass is 32.2. The second-order valence-electron chi connectivity index (χ2n) is 7.62. The van der Waals surface area contributed by atoms with Gasteiger partial charge in [0.2, 0.25) is 11.9 Å². The van der Waals surface area contributed by atoms with Crippen molar-refractivity contribution in [3.8, 4) is 0 Å². The summed E-state index contributed by atoms with van der Waals surface area (Å²) in [5, 5.41) is 8.04. The van der Waals surface area contributed by atoms with E-state index in [9.17, 15) is 18.0 Å². The number of hydrogen-bond acceptors (Lipinski definition) is 6. The van der Waals surface area contributed by atoms with Gasteiger partial charge in [0.25, 0.3) is 0 Å². The van der Waals surface area contributed by atoms with Crippen LogP contribution < -0.4 is 4.90 Å². The van der Waals surface area contributed by atoms with Gasteiger partial charge < -0.3 is 14.5 Å². The molecule has 3 heterocycles. The first-order chi connectivity index (χ1) is 13.2. The normalized spacial score (nSPS) is 23.9. The lowest BCUT2D eigenvalue weighted by atomic mass is 9.92. The molecule has 2 saturated heterocycles. The minimum atomic E-state index is -4.40. The summed E-state index contributed by atoms with van der Waals surface area (Å²) in [6, 6.07) is 0. The van der Waals surface area contributed by atoms with E-state index in [1.165, 1.54) is 0 Å². The van der Waals surface area contributed by atoms with E-state index in [0.29, 0.717) is 51.2 Å². The lowest BCUT2D eigenvalue weighted by Crippen LogP contribution is -2.43. The molecule has 2 atom stereocenters. The number of hydrogen-bond donors (Lipinski definition) is 0. The van der Waals surface area contributed by atoms with E-state index in [1.807, 2.05) is 0 Å². The Labute approximate surface area is 166 Å². The highest BCUT2D eigenvalue weighted by Crippen LogP contribution is 2.28. The minimum Gasteiger partial charge on any atom is -0.378 e. The SMILES string of the molecule is CC1CC(C)CN(C(=O)CSc2nnc(N3CCOCC3)n2CC(F)(F)F)C1. The Kier molecular flexibility index (Phi) is 6.74. The number of carbonyl (C=O) groups is 1. The van der Waals surface area contributed by atoms with Gasteiger partial charge in [-0.05, 0) is 18.3 Å². The van der Waals surface area contributed by atoms with Gasteiger partial charge in [-0.3, -0.25) is 9.36 Å². The Hall–Kier alpha value is -1.49. The minimum absolute atomic E-state index is 0.0541. The van der Waals surface area contributed by atoms with E-state index in [2.05, 4.69) is 24.0 Å². The fourth-order valence-corrected chi connectivity index (χ4v) is 4.62. The molecule has 0 saturated carbocycles. The van der Waals surface area contributed by atoms with Crippen LogP contribution >= 0.6 is 11.8 Å². The Balaban J connectivity index is 1.70. The van der Waals surface area contributed by atoms with Crippen molar-refractivity contribution in [1.29, 1.82) is 0 Å². The number of alkyl halides is 3. The molecule has 3 rings (SSSR count). The monoisotopic (exact) mass is 421 g/mol. The number of anilines is 1. The number of carbonyl (C=O) groups excluding carboxylic acids is 1. The Morgan fingerprint density at radius 1 is 1.18 bits per heavy atom. The van der Waals surface area contributed by atoms with Crippen LogP contribution in [0.25, 0.3) is 0 Å². The summed E-state index contributed by atoms with van der Waals surface area (Å²) in [7, 11) is 0. The fourth-order valence-electron chi connectivity index (χ4n) is 3.79. The molecule has 0 aromatic carbocycles. The van der Waals surface area contributed by atoms with Crippen LogP contribution in [0.1, 0.15) is 20.3 Å². The molecule has 2 aliphatic rings. The molecule has 1 aromatic rings. The number of rotatable bonds is 5. The van der Waals surface area contributed by atoms with Gasteiger partial charge in [0.15, 0.2) is 5.16 Å². The summed E-state index contributed by atoms with van der Waals surface area (Å²) in [5.41, 5.74) is 0. The van der Waals surface area contributed by atoms with Crippen LogP contribution in [0.15, 0.2) is 5.16 Å². The zero-order valence-electron chi connectivity index (χ0n) is 16.1. The van der Waals surface area contributed by atoms with Crippen molar-refractivity contribution in [2.45, 2.75) is 38.1 Å². The average Bonchev–Trinajstić information content (AvgIpc) is 3.00. The van der Waals surface area contributed by atoms with E-state index in [4.69, 9.17) is 4.74 Å². The maximum Gasteiger partial charge on any atom is 0.406 e. The van der Waals surface area contributed by atoms with Crippen molar-refractivity contribution >= 4 is 23.6 Å². The van der Waals surface area contributed by atoms with E-state index in [0.717, 1.165) is 22.7 Å². The summed E-state index contributed by atoms with van der Waals surface area (Å²) >= 11 is 1.02. The number of ether oxygens (including phenoxy) is 1. The number of morpholine rings is 1. The molecule has 1 aromatic heterocycles. The third-order valence-electron chi connectivity index (χ3n) is 4.87. The van der Waals surface area contributed by atoms with Crippen molar-refractivity contribution in [2.75, 3.05) is 50.0 Å². The molecule has 2 unspecified atom stereocenters. The third kappa shape index (κ3) is 5.53. The second kappa shape index (κ2) is 8.89. The maximum absolute atomic E-state index is 13.1. The number of likely N-dealkylation sites (tertiary alicyclic amines) is 1. The molecule has 7 nitrogen and oxygen atoms in total. The predicted octanol–water partition coefficient (Wildman–Crippen LogP) is 2.27. The van der Waals surface area contributed by atoms with Crippen LogP contribution in [0, 0.1) is 11.8 Å². The molecule has 2 aliphatic heterocycles. The third-order valence-corrected chi connectivity index (χ3v) is 5.83. The van der Waals surface area contributed by atoms with Gasteiger partial charge in [-0.2, -0.15) is 13.2 Å². The number of halogens is 3. The maximum atomic E-state index is 13.1. The molecular formula is C17H26F3N5O2S. The van der Waals surface area contributed by atoms with Gasteiger partial charge in [-0.1, -0.05) is 25.6 Å². The van der Waals surface area contributed by atoms with Gasteiger partial charge in [0.1, 0.15) is 6.54 Å². The number of amides is 1. The molecule has 0 bridgehead atoms. The summed E-state index contributed by atoms with van der Waals surface area (Å²) in [4.78, 5) is 16.1. The second-order valence-corrected chi connectivity index (χ2v) is 8.56. The number of aromatic nitrogens is 3. The zero-order chi connectivity index (χ0) is 20.3. The first-order valence-electron chi connectivity index (χ1n) is 9.46. The lowest BCUT2D eigenvalue weighted by Gasteiger charge is -2.35. The Morgan fingerprint density at radius 2 is 1.82 bits per heavy atom. The van der Waals surface area contributed by atoms with Crippen molar-refractivity contribution in [2.24, 2.45) is 11.8 Å². The largest absolute Gasteiger partial charge is 0.406 e. The number of thioether (sulfide) groups is 1. The van der Waals surface area contributed by atoms with Gasteiger partial charge >= 0.3 is 6.18 Å². The van der Waals surface area contributed by atoms with Gasteiger partial charge in [0.05, 0.1) is 19.0 Å². The smallest absolute Gasteiger partial charge is 0.378 e. The molecule has 2 fully saturated rings. The molecule has 158 valence electrons. The molecule has 0 aliphatic carbocycles. The van der Waals surface area contributed by atoms with Crippen molar-refractivity contribution in [3.05, 3.63) is 0 Å². The van der Waals surface area contributed by atoms with Crippen LogP contribution in [0.3, 0.4) is 0 Å². The van der Waals surface area contributed by atoms with E-state index in [1.54, 1.807) is 9.80 Å². The standard InChI is InChI=1S/C17H26F3N5O2S/c1-12-7-13(2)9-24(8-12)14(26)10-28-16-22-21-15(23-3-5-27-6-4-23)25(16)11-17(18,19)20/h12-13H,3-11H2,1-2H3. The average molecular weight is 421 g/mol. The van der Waals surface area contributed by atoms with Crippen LogP contribution in [-0.4, -0.2) is 76.9 Å². The summed E-state index contributed by atoms with van der Waals surface area (Å²) in [6.07, 6.45) is -3.32. The van der Waals surface area contributed by atoms with Crippen molar-refractivity contribution in [1.82, 2.24) is 19.7 Å². The predicted molar refractivity (Wildman–Crippen MR) is 99.4 cm³/mol. The molecule has 11 heteroatoms. The van der Waals surface area contributed by atoms with Crippen molar-refractivity contribution in [3.63, 3.8) is 0 Å². The molecule has 1 amide bonds. The molecule has 0 radical (unpaired) electrons. The van der Waals surface area contributed by atoms with Gasteiger partial charge in [-0.15, -0.1) is 10.2 Å². The summed E-state index contributed by atoms with van der Waals surface area (Å²) in [5.74, 6) is 1.02. The van der Waals surface area contributed by atoms with Crippen LogP contribution in [0.4, 0.5) is 19.1 Å². The topological polar surface area (TPSA) is 63.5 Å². The Bertz CT molecular complexity index is 668. The first kappa shape index (κ1) is 21.2. The summed E-state index contributed by atoms with van der Waals surface area (Å²) in [6.45, 7) is 6.22. The van der Waals surface area contributed by atoms with E-state index < -0.39 is 12.7 Å². The van der Waals surface area contributed by atoms with Crippen molar-refractivity contribution < 1.29 is 22.7 Å². The molecular weight excluding hydrogens is 395 g/mol. The zero-order valence-corrected chi connectivity index (χ0v) is 16.9. The quantitative estimate of drug-likeness (QED) is 0.680. The van der Waals surface area contributed by atoms with Gasteiger partial charge in [0, 0.05) is 26.2 Å². The first-order valence-corrected chi connectivity index (χ1v) is 10.4.